The van der Waals surface area contributed by atoms with Crippen molar-refractivity contribution >= 4 is 28.0 Å². The number of hydrogen-bond donors (Lipinski definition) is 0. The summed E-state index contributed by atoms with van der Waals surface area (Å²) in [6.07, 6.45) is 0. The van der Waals surface area contributed by atoms with Gasteiger partial charge >= 0.3 is 5.56 Å². The lowest BCUT2D eigenvalue weighted by molar-refractivity contribution is 0.579. The molecule has 2 aromatic carbocycles. The van der Waals surface area contributed by atoms with Crippen molar-refractivity contribution in [3.05, 3.63) is 65.0 Å². The maximum absolute atomic E-state index is 13.5. The van der Waals surface area contributed by atoms with E-state index in [0.29, 0.717) is 17.0 Å². The third-order valence-corrected chi connectivity index (χ3v) is 4.74. The highest BCUT2D eigenvalue weighted by atomic mass is 16.3. The number of rotatable bonds is 4. The van der Waals surface area contributed by atoms with Crippen molar-refractivity contribution in [3.8, 4) is 5.69 Å². The Labute approximate surface area is 157 Å². The summed E-state index contributed by atoms with van der Waals surface area (Å²) in [4.78, 5) is 20.6. The second-order valence-corrected chi connectivity index (χ2v) is 7.26. The summed E-state index contributed by atoms with van der Waals surface area (Å²) in [6.45, 7) is 8.44. The Balaban J connectivity index is 2.15. The predicted octanol–water partition coefficient (Wildman–Crippen LogP) is 4.76. The molecule has 2 aromatic heterocycles. The first kappa shape index (κ1) is 17.3. The van der Waals surface area contributed by atoms with Gasteiger partial charge < -0.3 is 9.32 Å². The molecule has 0 aliphatic heterocycles. The Morgan fingerprint density at radius 2 is 1.56 bits per heavy atom. The average Bonchev–Trinajstić information content (AvgIpc) is 3.01. The molecular formula is C22H23N3O2. The van der Waals surface area contributed by atoms with Gasteiger partial charge in [0, 0.05) is 17.5 Å². The molecule has 138 valence electrons. The molecule has 0 aliphatic carbocycles. The van der Waals surface area contributed by atoms with Gasteiger partial charge in [-0.2, -0.15) is 0 Å². The highest BCUT2D eigenvalue weighted by Crippen LogP contribution is 2.29. The lowest BCUT2D eigenvalue weighted by atomic mass is 10.2. The van der Waals surface area contributed by atoms with Crippen LogP contribution >= 0.6 is 0 Å². The molecule has 0 amide bonds. The second kappa shape index (κ2) is 6.58. The average molecular weight is 361 g/mol. The fourth-order valence-corrected chi connectivity index (χ4v) is 3.67. The third kappa shape index (κ3) is 2.79. The molecule has 2 heterocycles. The normalized spacial score (nSPS) is 11.8. The van der Waals surface area contributed by atoms with Crippen LogP contribution in [-0.4, -0.2) is 21.6 Å². The lowest BCUT2D eigenvalue weighted by Gasteiger charge is -2.33. The van der Waals surface area contributed by atoms with Gasteiger partial charge in [0.2, 0.25) is 11.5 Å². The Morgan fingerprint density at radius 3 is 2.22 bits per heavy atom. The van der Waals surface area contributed by atoms with Gasteiger partial charge in [-0.05, 0) is 52.0 Å². The van der Waals surface area contributed by atoms with E-state index in [-0.39, 0.29) is 23.2 Å². The van der Waals surface area contributed by atoms with Crippen molar-refractivity contribution < 1.29 is 4.42 Å². The van der Waals surface area contributed by atoms with Gasteiger partial charge in [0.25, 0.3) is 0 Å². The summed E-state index contributed by atoms with van der Waals surface area (Å²) in [5.74, 6) is 0.634. The minimum Gasteiger partial charge on any atom is -0.448 e. The van der Waals surface area contributed by atoms with Crippen LogP contribution in [0.1, 0.15) is 27.7 Å². The molecule has 0 saturated carbocycles. The molecule has 0 spiro atoms. The van der Waals surface area contributed by atoms with Crippen LogP contribution in [0.4, 0.5) is 5.95 Å². The summed E-state index contributed by atoms with van der Waals surface area (Å²) in [6, 6.07) is 17.6. The SMILES string of the molecule is CC(C)N(c1nc2c(oc3ccccc32)c(=O)n1-c1ccccc1)C(C)C. The molecule has 4 aromatic rings. The number of para-hydroxylation sites is 2. The maximum Gasteiger partial charge on any atom is 0.303 e. The monoisotopic (exact) mass is 361 g/mol. The van der Waals surface area contributed by atoms with E-state index in [9.17, 15) is 4.79 Å². The van der Waals surface area contributed by atoms with Crippen molar-refractivity contribution in [1.82, 2.24) is 9.55 Å². The standard InChI is InChI=1S/C22H23N3O2/c1-14(2)24(15(3)4)22-23-19-17-12-8-9-13-18(17)27-20(19)21(26)25(22)16-10-6-5-7-11-16/h5-15H,1-4H3. The van der Waals surface area contributed by atoms with Crippen LogP contribution in [0.5, 0.6) is 0 Å². The number of aromatic nitrogens is 2. The van der Waals surface area contributed by atoms with E-state index >= 15 is 0 Å². The van der Waals surface area contributed by atoms with E-state index in [1.807, 2.05) is 54.6 Å². The quantitative estimate of drug-likeness (QED) is 0.526. The first-order valence-corrected chi connectivity index (χ1v) is 9.27. The smallest absolute Gasteiger partial charge is 0.303 e. The highest BCUT2D eigenvalue weighted by Gasteiger charge is 2.25. The number of anilines is 1. The molecule has 0 atom stereocenters. The summed E-state index contributed by atoms with van der Waals surface area (Å²) in [5.41, 5.74) is 2.16. The second-order valence-electron chi connectivity index (χ2n) is 7.26. The van der Waals surface area contributed by atoms with E-state index in [4.69, 9.17) is 9.40 Å². The first-order chi connectivity index (χ1) is 13.0. The minimum absolute atomic E-state index is 0.183. The van der Waals surface area contributed by atoms with Gasteiger partial charge in [-0.15, -0.1) is 0 Å². The van der Waals surface area contributed by atoms with E-state index in [2.05, 4.69) is 32.6 Å². The summed E-state index contributed by atoms with van der Waals surface area (Å²) in [5, 5.41) is 0.860. The van der Waals surface area contributed by atoms with Crippen LogP contribution in [0, 0.1) is 0 Å². The van der Waals surface area contributed by atoms with Crippen molar-refractivity contribution in [1.29, 1.82) is 0 Å². The first-order valence-electron chi connectivity index (χ1n) is 9.27. The molecule has 0 radical (unpaired) electrons. The molecule has 0 fully saturated rings. The summed E-state index contributed by atoms with van der Waals surface area (Å²) < 4.78 is 7.54. The fraction of sp³-hybridized carbons (Fsp3) is 0.273. The molecule has 0 unspecified atom stereocenters. The number of furan rings is 1. The van der Waals surface area contributed by atoms with Crippen LogP contribution in [-0.2, 0) is 0 Å². The molecule has 0 N–H and O–H groups in total. The summed E-state index contributed by atoms with van der Waals surface area (Å²) in [7, 11) is 0. The van der Waals surface area contributed by atoms with Crippen molar-refractivity contribution in [3.63, 3.8) is 0 Å². The van der Waals surface area contributed by atoms with Crippen LogP contribution in [0.2, 0.25) is 0 Å². The van der Waals surface area contributed by atoms with Gasteiger partial charge in [-0.25, -0.2) is 9.55 Å². The largest absolute Gasteiger partial charge is 0.448 e. The Bertz CT molecular complexity index is 1150. The van der Waals surface area contributed by atoms with Crippen LogP contribution in [0.25, 0.3) is 27.8 Å². The summed E-state index contributed by atoms with van der Waals surface area (Å²) >= 11 is 0. The topological polar surface area (TPSA) is 51.3 Å². The molecule has 0 bridgehead atoms. The molecule has 4 rings (SSSR count). The van der Waals surface area contributed by atoms with Crippen LogP contribution in [0.3, 0.4) is 0 Å². The van der Waals surface area contributed by atoms with E-state index in [1.54, 1.807) is 4.57 Å². The molecule has 27 heavy (non-hydrogen) atoms. The van der Waals surface area contributed by atoms with Crippen molar-refractivity contribution in [2.45, 2.75) is 39.8 Å². The minimum atomic E-state index is -0.191. The van der Waals surface area contributed by atoms with Gasteiger partial charge in [-0.3, -0.25) is 4.79 Å². The number of benzene rings is 2. The van der Waals surface area contributed by atoms with E-state index < -0.39 is 0 Å². The van der Waals surface area contributed by atoms with Crippen LogP contribution < -0.4 is 10.5 Å². The van der Waals surface area contributed by atoms with E-state index in [0.717, 1.165) is 11.1 Å². The Hall–Kier alpha value is -3.08. The number of hydrogen-bond acceptors (Lipinski definition) is 4. The zero-order chi connectivity index (χ0) is 19.1. The van der Waals surface area contributed by atoms with Gasteiger partial charge in [0.1, 0.15) is 11.1 Å². The van der Waals surface area contributed by atoms with Crippen molar-refractivity contribution in [2.24, 2.45) is 0 Å². The number of nitrogens with zero attached hydrogens (tertiary/aromatic N) is 3. The van der Waals surface area contributed by atoms with Crippen molar-refractivity contribution in [2.75, 3.05) is 4.90 Å². The zero-order valence-corrected chi connectivity index (χ0v) is 16.0. The predicted molar refractivity (Wildman–Crippen MR) is 110 cm³/mol. The maximum atomic E-state index is 13.5. The molecule has 0 saturated heterocycles. The Kier molecular flexibility index (Phi) is 4.22. The number of fused-ring (bicyclic) bond motifs is 3. The fourth-order valence-electron chi connectivity index (χ4n) is 3.67. The third-order valence-electron chi connectivity index (χ3n) is 4.74. The molecular weight excluding hydrogens is 338 g/mol. The Morgan fingerprint density at radius 1 is 0.926 bits per heavy atom. The van der Waals surface area contributed by atoms with E-state index in [1.165, 1.54) is 0 Å². The molecule has 0 aliphatic rings. The lowest BCUT2D eigenvalue weighted by Crippen LogP contribution is -2.41. The van der Waals surface area contributed by atoms with Gasteiger partial charge in [0.05, 0.1) is 5.69 Å². The zero-order valence-electron chi connectivity index (χ0n) is 16.0. The van der Waals surface area contributed by atoms with Gasteiger partial charge in [0.15, 0.2) is 0 Å². The highest BCUT2D eigenvalue weighted by molar-refractivity contribution is 6.02. The van der Waals surface area contributed by atoms with Crippen LogP contribution in [0.15, 0.2) is 63.8 Å². The molecule has 5 heteroatoms. The van der Waals surface area contributed by atoms with Gasteiger partial charge in [-0.1, -0.05) is 30.3 Å². The molecule has 5 nitrogen and oxygen atoms in total.